The van der Waals surface area contributed by atoms with Gasteiger partial charge in [0, 0.05) is 22.4 Å². The van der Waals surface area contributed by atoms with E-state index in [9.17, 15) is 4.79 Å². The third-order valence-electron chi connectivity index (χ3n) is 3.45. The molecule has 0 aliphatic rings. The summed E-state index contributed by atoms with van der Waals surface area (Å²) in [6, 6.07) is 7.71. The Morgan fingerprint density at radius 1 is 1.35 bits per heavy atom. The molecule has 23 heavy (non-hydrogen) atoms. The summed E-state index contributed by atoms with van der Waals surface area (Å²) < 4.78 is 6.99. The lowest BCUT2D eigenvalue weighted by molar-refractivity contribution is -0.141. The zero-order valence-electron chi connectivity index (χ0n) is 13.8. The lowest BCUT2D eigenvalue weighted by atomic mass is 10.1. The van der Waals surface area contributed by atoms with Crippen LogP contribution < -0.4 is 0 Å². The zero-order chi connectivity index (χ0) is 17.0. The molecular formula is C18H21ClN2O2. The van der Waals surface area contributed by atoms with E-state index in [4.69, 9.17) is 16.3 Å². The van der Waals surface area contributed by atoms with Crippen LogP contribution in [0.2, 0.25) is 5.02 Å². The first-order valence-corrected chi connectivity index (χ1v) is 7.92. The minimum absolute atomic E-state index is 0.128. The largest absolute Gasteiger partial charge is 0.460 e. The maximum absolute atomic E-state index is 11.6. The highest BCUT2D eigenvalue weighted by atomic mass is 35.5. The van der Waals surface area contributed by atoms with Crippen molar-refractivity contribution in [2.45, 2.75) is 40.3 Å². The van der Waals surface area contributed by atoms with E-state index in [2.05, 4.69) is 5.10 Å². The van der Waals surface area contributed by atoms with E-state index in [1.54, 1.807) is 6.08 Å². The first kappa shape index (κ1) is 17.3. The number of nitrogens with zero attached hydrogens (tertiary/aromatic N) is 2. The molecule has 0 saturated heterocycles. The van der Waals surface area contributed by atoms with Gasteiger partial charge in [-0.25, -0.2) is 4.79 Å². The molecule has 0 aliphatic heterocycles. The molecule has 0 saturated carbocycles. The van der Waals surface area contributed by atoms with Crippen LogP contribution in [0.15, 0.2) is 30.3 Å². The van der Waals surface area contributed by atoms with E-state index in [1.165, 1.54) is 6.08 Å². The normalized spacial score (nSPS) is 11.4. The molecule has 0 unspecified atom stereocenters. The Morgan fingerprint density at radius 2 is 2.04 bits per heavy atom. The molecule has 0 atom stereocenters. The van der Waals surface area contributed by atoms with Crippen LogP contribution in [0.5, 0.6) is 0 Å². The Balaban J connectivity index is 2.21. The van der Waals surface area contributed by atoms with Crippen molar-refractivity contribution in [3.8, 4) is 0 Å². The van der Waals surface area contributed by atoms with Gasteiger partial charge in [-0.2, -0.15) is 5.10 Å². The SMILES string of the molecule is Cc1nn(Cc2ccccc2Cl)c(C)c1/C=C/C(=O)OC(C)C. The second kappa shape index (κ2) is 7.47. The molecular weight excluding hydrogens is 312 g/mol. The van der Waals surface area contributed by atoms with Gasteiger partial charge in [0.1, 0.15) is 0 Å². The number of halogens is 1. The molecule has 0 amide bonds. The minimum atomic E-state index is -0.349. The van der Waals surface area contributed by atoms with Crippen molar-refractivity contribution >= 4 is 23.6 Å². The topological polar surface area (TPSA) is 44.1 Å². The van der Waals surface area contributed by atoms with Crippen LogP contribution in [-0.4, -0.2) is 21.9 Å². The van der Waals surface area contributed by atoms with Crippen LogP contribution in [0.25, 0.3) is 6.08 Å². The van der Waals surface area contributed by atoms with Gasteiger partial charge < -0.3 is 4.74 Å². The third kappa shape index (κ3) is 4.45. The van der Waals surface area contributed by atoms with E-state index in [0.717, 1.165) is 27.5 Å². The van der Waals surface area contributed by atoms with Gasteiger partial charge in [-0.05, 0) is 45.4 Å². The van der Waals surface area contributed by atoms with Crippen LogP contribution in [0.4, 0.5) is 0 Å². The quantitative estimate of drug-likeness (QED) is 0.610. The number of aryl methyl sites for hydroxylation is 1. The van der Waals surface area contributed by atoms with Gasteiger partial charge >= 0.3 is 5.97 Å². The summed E-state index contributed by atoms with van der Waals surface area (Å²) in [5, 5.41) is 5.26. The first-order chi connectivity index (χ1) is 10.9. The molecule has 1 heterocycles. The second-order valence-electron chi connectivity index (χ2n) is 5.65. The highest BCUT2D eigenvalue weighted by molar-refractivity contribution is 6.31. The van der Waals surface area contributed by atoms with Gasteiger partial charge in [0.2, 0.25) is 0 Å². The summed E-state index contributed by atoms with van der Waals surface area (Å²) in [5.41, 5.74) is 3.78. The molecule has 2 rings (SSSR count). The van der Waals surface area contributed by atoms with Crippen molar-refractivity contribution in [3.63, 3.8) is 0 Å². The van der Waals surface area contributed by atoms with Crippen LogP contribution in [-0.2, 0) is 16.1 Å². The zero-order valence-corrected chi connectivity index (χ0v) is 14.6. The van der Waals surface area contributed by atoms with Crippen molar-refractivity contribution in [1.29, 1.82) is 0 Å². The predicted octanol–water partition coefficient (Wildman–Crippen LogP) is 4.17. The Morgan fingerprint density at radius 3 is 2.70 bits per heavy atom. The molecule has 0 bridgehead atoms. The number of carbonyl (C=O) groups is 1. The highest BCUT2D eigenvalue weighted by Gasteiger charge is 2.11. The fourth-order valence-corrected chi connectivity index (χ4v) is 2.51. The van der Waals surface area contributed by atoms with Gasteiger partial charge in [0.25, 0.3) is 0 Å². The molecule has 0 spiro atoms. The van der Waals surface area contributed by atoms with Gasteiger partial charge in [-0.3, -0.25) is 4.68 Å². The van der Waals surface area contributed by atoms with Crippen LogP contribution in [0, 0.1) is 13.8 Å². The van der Waals surface area contributed by atoms with Crippen LogP contribution >= 0.6 is 11.6 Å². The Bertz CT molecular complexity index is 733. The van der Waals surface area contributed by atoms with Crippen molar-refractivity contribution < 1.29 is 9.53 Å². The molecule has 0 aliphatic carbocycles. The Labute approximate surface area is 141 Å². The van der Waals surface area contributed by atoms with Crippen molar-refractivity contribution in [2.75, 3.05) is 0 Å². The second-order valence-corrected chi connectivity index (χ2v) is 6.06. The third-order valence-corrected chi connectivity index (χ3v) is 3.82. The maximum atomic E-state index is 11.6. The number of esters is 1. The van der Waals surface area contributed by atoms with Crippen LogP contribution in [0.3, 0.4) is 0 Å². The predicted molar refractivity (Wildman–Crippen MR) is 92.5 cm³/mol. The van der Waals surface area contributed by atoms with Crippen LogP contribution in [0.1, 0.15) is 36.4 Å². The maximum Gasteiger partial charge on any atom is 0.331 e. The summed E-state index contributed by atoms with van der Waals surface area (Å²) in [4.78, 5) is 11.6. The number of benzene rings is 1. The van der Waals surface area contributed by atoms with E-state index >= 15 is 0 Å². The van der Waals surface area contributed by atoms with Crippen molar-refractivity contribution in [1.82, 2.24) is 9.78 Å². The fourth-order valence-electron chi connectivity index (χ4n) is 2.32. The molecule has 5 heteroatoms. The number of hydrogen-bond acceptors (Lipinski definition) is 3. The summed E-state index contributed by atoms with van der Waals surface area (Å²) in [6.45, 7) is 8.14. The number of ether oxygens (including phenoxy) is 1. The monoisotopic (exact) mass is 332 g/mol. The molecule has 2 aromatic rings. The fraction of sp³-hybridized carbons (Fsp3) is 0.333. The number of rotatable bonds is 5. The molecule has 0 N–H and O–H groups in total. The first-order valence-electron chi connectivity index (χ1n) is 7.54. The van der Waals surface area contributed by atoms with Gasteiger partial charge in [-0.1, -0.05) is 29.8 Å². The average molecular weight is 333 g/mol. The van der Waals surface area contributed by atoms with Crippen molar-refractivity contribution in [3.05, 3.63) is 57.9 Å². The number of aromatic nitrogens is 2. The van der Waals surface area contributed by atoms with E-state index in [-0.39, 0.29) is 12.1 Å². The van der Waals surface area contributed by atoms with E-state index in [0.29, 0.717) is 6.54 Å². The molecule has 1 aromatic heterocycles. The van der Waals surface area contributed by atoms with Crippen molar-refractivity contribution in [2.24, 2.45) is 0 Å². The Kier molecular flexibility index (Phi) is 5.61. The molecule has 4 nitrogen and oxygen atoms in total. The molecule has 1 aromatic carbocycles. The molecule has 0 fully saturated rings. The summed E-state index contributed by atoms with van der Waals surface area (Å²) >= 11 is 6.21. The lowest BCUT2D eigenvalue weighted by Crippen LogP contribution is -2.08. The Hall–Kier alpha value is -2.07. The molecule has 0 radical (unpaired) electrons. The van der Waals surface area contributed by atoms with Gasteiger partial charge in [0.15, 0.2) is 0 Å². The average Bonchev–Trinajstić information content (AvgIpc) is 2.73. The smallest absolute Gasteiger partial charge is 0.331 e. The summed E-state index contributed by atoms with van der Waals surface area (Å²) in [7, 11) is 0. The van der Waals surface area contributed by atoms with E-state index in [1.807, 2.05) is 56.6 Å². The van der Waals surface area contributed by atoms with Gasteiger partial charge in [0.05, 0.1) is 18.3 Å². The number of carbonyl (C=O) groups excluding carboxylic acids is 1. The van der Waals surface area contributed by atoms with Gasteiger partial charge in [-0.15, -0.1) is 0 Å². The summed E-state index contributed by atoms with van der Waals surface area (Å²) in [6.07, 6.45) is 3.07. The number of hydrogen-bond donors (Lipinski definition) is 0. The van der Waals surface area contributed by atoms with E-state index < -0.39 is 0 Å². The minimum Gasteiger partial charge on any atom is -0.460 e. The highest BCUT2D eigenvalue weighted by Crippen LogP contribution is 2.20. The standard InChI is InChI=1S/C18H21ClN2O2/c1-12(2)23-18(22)10-9-16-13(3)20-21(14(16)4)11-15-7-5-6-8-17(15)19/h5-10,12H,11H2,1-4H3/b10-9+. The lowest BCUT2D eigenvalue weighted by Gasteiger charge is -2.07. The summed E-state index contributed by atoms with van der Waals surface area (Å²) in [5.74, 6) is -0.349. The molecule has 122 valence electrons.